The summed E-state index contributed by atoms with van der Waals surface area (Å²) in [7, 11) is 0. The lowest BCUT2D eigenvalue weighted by Gasteiger charge is -2.23. The van der Waals surface area contributed by atoms with Crippen molar-refractivity contribution < 1.29 is 17.9 Å². The SMILES string of the molecule is CCN(CCCOCC(F)(F)F)CC(C)C(=N)N. The second kappa shape index (κ2) is 8.31. The molecule has 4 nitrogen and oxygen atoms in total. The number of alkyl halides is 3. The summed E-state index contributed by atoms with van der Waals surface area (Å²) < 4.78 is 39.9. The number of rotatable bonds is 9. The van der Waals surface area contributed by atoms with Crippen LogP contribution in [0.25, 0.3) is 0 Å². The van der Waals surface area contributed by atoms with E-state index in [2.05, 4.69) is 4.74 Å². The van der Waals surface area contributed by atoms with Gasteiger partial charge in [0.05, 0.1) is 5.84 Å². The van der Waals surface area contributed by atoms with Crippen LogP contribution in [-0.4, -0.2) is 49.8 Å². The van der Waals surface area contributed by atoms with Gasteiger partial charge >= 0.3 is 6.18 Å². The topological polar surface area (TPSA) is 62.3 Å². The van der Waals surface area contributed by atoms with Crippen LogP contribution in [0.3, 0.4) is 0 Å². The molecule has 1 atom stereocenters. The van der Waals surface area contributed by atoms with Gasteiger partial charge in [-0.15, -0.1) is 0 Å². The zero-order chi connectivity index (χ0) is 14.2. The summed E-state index contributed by atoms with van der Waals surface area (Å²) in [5.74, 6) is 0.0859. The van der Waals surface area contributed by atoms with Crippen molar-refractivity contribution in [1.29, 1.82) is 5.41 Å². The molecule has 0 rings (SSSR count). The number of nitrogens with zero attached hydrogens (tertiary/aromatic N) is 1. The van der Waals surface area contributed by atoms with E-state index >= 15 is 0 Å². The second-order valence-corrected chi connectivity index (χ2v) is 4.27. The highest BCUT2D eigenvalue weighted by atomic mass is 19.4. The minimum absolute atomic E-state index is 0.0407. The highest BCUT2D eigenvalue weighted by molar-refractivity contribution is 5.79. The molecule has 0 aromatic heterocycles. The van der Waals surface area contributed by atoms with Gasteiger partial charge in [0, 0.05) is 25.6 Å². The van der Waals surface area contributed by atoms with Crippen LogP contribution in [0.4, 0.5) is 13.2 Å². The maximum Gasteiger partial charge on any atom is 0.411 e. The van der Waals surface area contributed by atoms with Crippen LogP contribution < -0.4 is 5.73 Å². The minimum Gasteiger partial charge on any atom is -0.387 e. The van der Waals surface area contributed by atoms with Gasteiger partial charge in [-0.25, -0.2) is 0 Å². The van der Waals surface area contributed by atoms with E-state index in [1.54, 1.807) is 0 Å². The monoisotopic (exact) mass is 269 g/mol. The Balaban J connectivity index is 3.71. The van der Waals surface area contributed by atoms with Crippen molar-refractivity contribution >= 4 is 5.84 Å². The van der Waals surface area contributed by atoms with E-state index in [1.807, 2.05) is 18.7 Å². The highest BCUT2D eigenvalue weighted by Crippen LogP contribution is 2.14. The van der Waals surface area contributed by atoms with E-state index in [4.69, 9.17) is 11.1 Å². The molecule has 0 radical (unpaired) electrons. The van der Waals surface area contributed by atoms with Crippen molar-refractivity contribution in [2.45, 2.75) is 26.4 Å². The maximum absolute atomic E-state index is 11.8. The van der Waals surface area contributed by atoms with Crippen molar-refractivity contribution in [3.05, 3.63) is 0 Å². The fourth-order valence-corrected chi connectivity index (χ4v) is 1.44. The van der Waals surface area contributed by atoms with Crippen LogP contribution in [0.5, 0.6) is 0 Å². The molecule has 0 aromatic carbocycles. The van der Waals surface area contributed by atoms with Gasteiger partial charge in [0.1, 0.15) is 6.61 Å². The molecule has 7 heteroatoms. The average molecular weight is 269 g/mol. The molecule has 0 saturated heterocycles. The molecule has 0 bridgehead atoms. The summed E-state index contributed by atoms with van der Waals surface area (Å²) in [4.78, 5) is 2.04. The predicted molar refractivity (Wildman–Crippen MR) is 64.7 cm³/mol. The first-order valence-corrected chi connectivity index (χ1v) is 5.97. The number of halogens is 3. The molecule has 0 heterocycles. The van der Waals surface area contributed by atoms with Gasteiger partial charge < -0.3 is 15.4 Å². The van der Waals surface area contributed by atoms with Crippen LogP contribution in [0, 0.1) is 11.3 Å². The van der Waals surface area contributed by atoms with Gasteiger partial charge in [0.2, 0.25) is 0 Å². The molecule has 0 aliphatic rings. The van der Waals surface area contributed by atoms with Crippen LogP contribution >= 0.6 is 0 Å². The van der Waals surface area contributed by atoms with E-state index in [9.17, 15) is 13.2 Å². The lowest BCUT2D eigenvalue weighted by atomic mass is 10.1. The number of nitrogens with one attached hydrogen (secondary N) is 1. The molecule has 0 fully saturated rings. The van der Waals surface area contributed by atoms with Crippen LogP contribution in [0.15, 0.2) is 0 Å². The first-order valence-electron chi connectivity index (χ1n) is 5.97. The van der Waals surface area contributed by atoms with Crippen molar-refractivity contribution in [2.24, 2.45) is 11.7 Å². The molecule has 0 saturated carbocycles. The summed E-state index contributed by atoms with van der Waals surface area (Å²) in [6.45, 7) is 4.77. The van der Waals surface area contributed by atoms with E-state index in [0.29, 0.717) is 19.5 Å². The Labute approximate surface area is 106 Å². The summed E-state index contributed by atoms with van der Waals surface area (Å²) >= 11 is 0. The molecule has 0 aliphatic carbocycles. The molecule has 1 unspecified atom stereocenters. The Morgan fingerprint density at radius 3 is 2.50 bits per heavy atom. The molecular formula is C11H22F3N3O. The number of amidine groups is 1. The Hall–Kier alpha value is -0.820. The third-order valence-corrected chi connectivity index (χ3v) is 2.54. The van der Waals surface area contributed by atoms with Crippen molar-refractivity contribution in [3.63, 3.8) is 0 Å². The highest BCUT2D eigenvalue weighted by Gasteiger charge is 2.27. The first kappa shape index (κ1) is 17.2. The second-order valence-electron chi connectivity index (χ2n) is 4.27. The van der Waals surface area contributed by atoms with Crippen LogP contribution in [0.1, 0.15) is 20.3 Å². The minimum atomic E-state index is -4.26. The summed E-state index contributed by atoms with van der Waals surface area (Å²) in [6.07, 6.45) is -3.72. The Morgan fingerprint density at radius 2 is 2.06 bits per heavy atom. The Kier molecular flexibility index (Phi) is 7.93. The van der Waals surface area contributed by atoms with E-state index in [-0.39, 0.29) is 18.4 Å². The van der Waals surface area contributed by atoms with Crippen molar-refractivity contribution in [1.82, 2.24) is 4.90 Å². The maximum atomic E-state index is 11.8. The predicted octanol–water partition coefficient (Wildman–Crippen LogP) is 1.85. The third kappa shape index (κ3) is 9.23. The number of hydrogen-bond acceptors (Lipinski definition) is 3. The van der Waals surface area contributed by atoms with Gasteiger partial charge in [-0.05, 0) is 13.0 Å². The van der Waals surface area contributed by atoms with E-state index in [1.165, 1.54) is 0 Å². The summed E-state index contributed by atoms with van der Waals surface area (Å²) in [5, 5.41) is 7.28. The zero-order valence-corrected chi connectivity index (χ0v) is 10.9. The zero-order valence-electron chi connectivity index (χ0n) is 10.9. The quantitative estimate of drug-likeness (QED) is 0.381. The molecule has 18 heavy (non-hydrogen) atoms. The Morgan fingerprint density at radius 1 is 1.44 bits per heavy atom. The lowest BCUT2D eigenvalue weighted by molar-refractivity contribution is -0.174. The smallest absolute Gasteiger partial charge is 0.387 e. The van der Waals surface area contributed by atoms with Gasteiger partial charge in [-0.3, -0.25) is 5.41 Å². The fraction of sp³-hybridized carbons (Fsp3) is 0.909. The van der Waals surface area contributed by atoms with E-state index in [0.717, 1.165) is 6.54 Å². The van der Waals surface area contributed by atoms with Gasteiger partial charge in [0.25, 0.3) is 0 Å². The number of nitrogens with two attached hydrogens (primary N) is 1. The largest absolute Gasteiger partial charge is 0.411 e. The van der Waals surface area contributed by atoms with Gasteiger partial charge in [-0.2, -0.15) is 13.2 Å². The van der Waals surface area contributed by atoms with E-state index < -0.39 is 12.8 Å². The molecule has 3 N–H and O–H groups in total. The lowest BCUT2D eigenvalue weighted by Crippen LogP contribution is -2.35. The van der Waals surface area contributed by atoms with Crippen LogP contribution in [0.2, 0.25) is 0 Å². The molecule has 0 aromatic rings. The van der Waals surface area contributed by atoms with Gasteiger partial charge in [-0.1, -0.05) is 13.8 Å². The third-order valence-electron chi connectivity index (χ3n) is 2.54. The summed E-state index contributed by atoms with van der Waals surface area (Å²) in [5.41, 5.74) is 5.37. The molecule has 108 valence electrons. The Bertz CT molecular complexity index is 246. The summed E-state index contributed by atoms with van der Waals surface area (Å²) in [6, 6.07) is 0. The number of ether oxygens (including phenoxy) is 1. The molecule has 0 aliphatic heterocycles. The van der Waals surface area contributed by atoms with Gasteiger partial charge in [0.15, 0.2) is 0 Å². The molecule has 0 spiro atoms. The first-order chi connectivity index (χ1) is 8.26. The fourth-order valence-electron chi connectivity index (χ4n) is 1.44. The molecule has 0 amide bonds. The average Bonchev–Trinajstić information content (AvgIpc) is 2.25. The number of hydrogen-bond donors (Lipinski definition) is 2. The molecular weight excluding hydrogens is 247 g/mol. The van der Waals surface area contributed by atoms with Crippen LogP contribution in [-0.2, 0) is 4.74 Å². The standard InChI is InChI=1S/C11H22F3N3O/c1-3-17(7-9(2)10(15)16)5-4-6-18-8-11(12,13)14/h9H,3-8H2,1-2H3,(H3,15,16). The van der Waals surface area contributed by atoms with Crippen molar-refractivity contribution in [3.8, 4) is 0 Å². The normalized spacial score (nSPS) is 13.9. The van der Waals surface area contributed by atoms with Crippen molar-refractivity contribution in [2.75, 3.05) is 32.8 Å².